The highest BCUT2D eigenvalue weighted by Crippen LogP contribution is 2.38. The van der Waals surface area contributed by atoms with E-state index in [-0.39, 0.29) is 22.4 Å². The Hall–Kier alpha value is -2.24. The summed E-state index contributed by atoms with van der Waals surface area (Å²) in [4.78, 5) is 15.5. The van der Waals surface area contributed by atoms with Crippen molar-refractivity contribution in [3.05, 3.63) is 46.5 Å². The molecule has 1 heterocycles. The van der Waals surface area contributed by atoms with Crippen LogP contribution < -0.4 is 5.32 Å². The van der Waals surface area contributed by atoms with Gasteiger partial charge < -0.3 is 5.32 Å². The number of nitriles is 1. The molecule has 0 saturated heterocycles. The lowest BCUT2D eigenvalue weighted by molar-refractivity contribution is -0.138. The third kappa shape index (κ3) is 4.65. The van der Waals surface area contributed by atoms with E-state index >= 15 is 0 Å². The van der Waals surface area contributed by atoms with Gasteiger partial charge in [-0.25, -0.2) is 4.98 Å². The first-order chi connectivity index (χ1) is 11.8. The molecule has 0 aliphatic heterocycles. The Balaban J connectivity index is 2.59. The van der Waals surface area contributed by atoms with Crippen LogP contribution in [0.5, 0.6) is 0 Å². The molecular formula is C16H11ClF3N3OS. The minimum absolute atomic E-state index is 0.0439. The molecule has 1 aromatic carbocycles. The minimum atomic E-state index is -4.72. The van der Waals surface area contributed by atoms with E-state index < -0.39 is 17.3 Å². The third-order valence-electron chi connectivity index (χ3n) is 3.16. The molecular weight excluding hydrogens is 375 g/mol. The van der Waals surface area contributed by atoms with Crippen molar-refractivity contribution in [2.45, 2.75) is 11.2 Å². The van der Waals surface area contributed by atoms with Crippen molar-refractivity contribution in [2.75, 3.05) is 12.8 Å². The number of carbonyl (C=O) groups is 1. The van der Waals surface area contributed by atoms with Crippen molar-refractivity contribution in [1.82, 2.24) is 10.3 Å². The highest BCUT2D eigenvalue weighted by molar-refractivity contribution is 8.00. The van der Waals surface area contributed by atoms with Crippen LogP contribution in [0.25, 0.3) is 11.3 Å². The van der Waals surface area contributed by atoms with Gasteiger partial charge in [-0.15, -0.1) is 0 Å². The number of hydrogen-bond acceptors (Lipinski definition) is 4. The number of aromatic nitrogens is 1. The van der Waals surface area contributed by atoms with Crippen molar-refractivity contribution in [3.8, 4) is 17.3 Å². The Bertz CT molecular complexity index is 832. The summed E-state index contributed by atoms with van der Waals surface area (Å²) in [5.41, 5.74) is -1.22. The lowest BCUT2D eigenvalue weighted by atomic mass is 10.1. The number of carbonyl (C=O) groups excluding carboxylic acids is 1. The van der Waals surface area contributed by atoms with Gasteiger partial charge in [0.15, 0.2) is 0 Å². The predicted octanol–water partition coefficient (Wildman–Crippen LogP) is 4.13. The molecule has 25 heavy (non-hydrogen) atoms. The van der Waals surface area contributed by atoms with Crippen LogP contribution in [-0.2, 0) is 11.0 Å². The summed E-state index contributed by atoms with van der Waals surface area (Å²) in [5, 5.41) is 11.8. The van der Waals surface area contributed by atoms with Crippen LogP contribution in [0, 0.1) is 11.3 Å². The van der Waals surface area contributed by atoms with Gasteiger partial charge in [0.2, 0.25) is 5.91 Å². The predicted molar refractivity (Wildman–Crippen MR) is 89.2 cm³/mol. The number of benzene rings is 1. The number of hydrogen-bond donors (Lipinski definition) is 1. The van der Waals surface area contributed by atoms with Crippen LogP contribution in [0.15, 0.2) is 35.4 Å². The maximum Gasteiger partial charge on any atom is 0.417 e. The summed E-state index contributed by atoms with van der Waals surface area (Å²) < 4.78 is 40.1. The summed E-state index contributed by atoms with van der Waals surface area (Å²) in [6.07, 6.45) is -4.72. The number of halogens is 4. The molecule has 0 aliphatic carbocycles. The first-order valence-corrected chi connectivity index (χ1v) is 8.24. The van der Waals surface area contributed by atoms with Crippen molar-refractivity contribution in [1.29, 1.82) is 5.26 Å². The van der Waals surface area contributed by atoms with Crippen LogP contribution in [0.1, 0.15) is 11.1 Å². The fourth-order valence-corrected chi connectivity index (χ4v) is 2.93. The van der Waals surface area contributed by atoms with E-state index in [1.165, 1.54) is 31.3 Å². The van der Waals surface area contributed by atoms with Crippen LogP contribution in [0.4, 0.5) is 13.2 Å². The lowest BCUT2D eigenvalue weighted by Gasteiger charge is -2.14. The van der Waals surface area contributed by atoms with Gasteiger partial charge in [-0.05, 0) is 18.2 Å². The van der Waals surface area contributed by atoms with Gasteiger partial charge in [0.25, 0.3) is 0 Å². The highest BCUT2D eigenvalue weighted by Gasteiger charge is 2.36. The summed E-state index contributed by atoms with van der Waals surface area (Å²) in [6, 6.07) is 8.49. The zero-order valence-electron chi connectivity index (χ0n) is 12.8. The fraction of sp³-hybridized carbons (Fsp3) is 0.188. The summed E-state index contributed by atoms with van der Waals surface area (Å²) >= 11 is 6.57. The van der Waals surface area contributed by atoms with Crippen molar-refractivity contribution < 1.29 is 18.0 Å². The zero-order valence-corrected chi connectivity index (χ0v) is 14.4. The second-order valence-electron chi connectivity index (χ2n) is 4.81. The van der Waals surface area contributed by atoms with Gasteiger partial charge in [-0.1, -0.05) is 35.5 Å². The van der Waals surface area contributed by atoms with Gasteiger partial charge in [0, 0.05) is 17.6 Å². The van der Waals surface area contributed by atoms with Crippen molar-refractivity contribution >= 4 is 29.3 Å². The molecule has 0 unspecified atom stereocenters. The minimum Gasteiger partial charge on any atom is -0.358 e. The molecule has 9 heteroatoms. The molecule has 1 amide bonds. The summed E-state index contributed by atoms with van der Waals surface area (Å²) in [6.45, 7) is 0. The molecule has 2 aromatic rings. The van der Waals surface area contributed by atoms with Crippen LogP contribution in [-0.4, -0.2) is 23.7 Å². The number of pyridine rings is 1. The van der Waals surface area contributed by atoms with E-state index in [1.807, 2.05) is 0 Å². The summed E-state index contributed by atoms with van der Waals surface area (Å²) in [5.74, 6) is -0.541. The van der Waals surface area contributed by atoms with Gasteiger partial charge >= 0.3 is 6.18 Å². The van der Waals surface area contributed by atoms with Gasteiger partial charge in [-0.2, -0.15) is 18.4 Å². The maximum atomic E-state index is 13.4. The molecule has 0 radical (unpaired) electrons. The van der Waals surface area contributed by atoms with Crippen molar-refractivity contribution in [2.24, 2.45) is 0 Å². The van der Waals surface area contributed by atoms with E-state index in [1.54, 1.807) is 6.07 Å². The molecule has 0 saturated carbocycles. The smallest absolute Gasteiger partial charge is 0.358 e. The SMILES string of the molecule is CNC(=O)CSc1nc(-c2ccc(Cl)cc2)cc(C(F)(F)F)c1C#N. The largest absolute Gasteiger partial charge is 0.417 e. The number of alkyl halides is 3. The second-order valence-corrected chi connectivity index (χ2v) is 6.21. The average molecular weight is 386 g/mol. The topological polar surface area (TPSA) is 65.8 Å². The van der Waals surface area contributed by atoms with E-state index in [4.69, 9.17) is 16.9 Å². The van der Waals surface area contributed by atoms with E-state index in [0.717, 1.165) is 17.8 Å². The zero-order chi connectivity index (χ0) is 18.6. The van der Waals surface area contributed by atoms with E-state index in [9.17, 15) is 18.0 Å². The Kier molecular flexibility index (Phi) is 5.93. The number of nitrogens with zero attached hydrogens (tertiary/aromatic N) is 2. The molecule has 1 aromatic heterocycles. The van der Waals surface area contributed by atoms with Crippen LogP contribution in [0.2, 0.25) is 5.02 Å². The Morgan fingerprint density at radius 1 is 1.36 bits per heavy atom. The number of thioether (sulfide) groups is 1. The monoisotopic (exact) mass is 385 g/mol. The number of nitrogens with one attached hydrogen (secondary N) is 1. The molecule has 0 aliphatic rings. The molecule has 1 N–H and O–H groups in total. The third-order valence-corrected chi connectivity index (χ3v) is 4.39. The fourth-order valence-electron chi connectivity index (χ4n) is 1.93. The standard InChI is InChI=1S/C16H11ClF3N3OS/c1-22-14(24)8-25-15-11(7-21)12(16(18,19)20)6-13(23-15)9-2-4-10(17)5-3-9/h2-6H,8H2,1H3,(H,22,24). The lowest BCUT2D eigenvalue weighted by Crippen LogP contribution is -2.20. The average Bonchev–Trinajstić information content (AvgIpc) is 2.58. The van der Waals surface area contributed by atoms with Gasteiger partial charge in [0.05, 0.1) is 22.6 Å². The maximum absolute atomic E-state index is 13.4. The van der Waals surface area contributed by atoms with E-state index in [0.29, 0.717) is 10.6 Å². The quantitative estimate of drug-likeness (QED) is 0.803. The molecule has 130 valence electrons. The van der Waals surface area contributed by atoms with E-state index in [2.05, 4.69) is 10.3 Å². The van der Waals surface area contributed by atoms with Crippen LogP contribution in [0.3, 0.4) is 0 Å². The van der Waals surface area contributed by atoms with Gasteiger partial charge in [-0.3, -0.25) is 4.79 Å². The number of rotatable bonds is 4. The molecule has 0 bridgehead atoms. The van der Waals surface area contributed by atoms with Crippen LogP contribution >= 0.6 is 23.4 Å². The van der Waals surface area contributed by atoms with Crippen molar-refractivity contribution in [3.63, 3.8) is 0 Å². The Morgan fingerprint density at radius 3 is 2.52 bits per heavy atom. The molecule has 0 spiro atoms. The normalized spacial score (nSPS) is 11.0. The van der Waals surface area contributed by atoms with Gasteiger partial charge in [0.1, 0.15) is 11.1 Å². The second kappa shape index (κ2) is 7.76. The molecule has 0 fully saturated rings. The summed E-state index contributed by atoms with van der Waals surface area (Å²) in [7, 11) is 1.41. The Morgan fingerprint density at radius 2 is 2.00 bits per heavy atom. The Labute approximate surface area is 151 Å². The number of amides is 1. The molecule has 4 nitrogen and oxygen atoms in total. The highest BCUT2D eigenvalue weighted by atomic mass is 35.5. The molecule has 2 rings (SSSR count). The molecule has 0 atom stereocenters. The first kappa shape index (κ1) is 19.1. The first-order valence-electron chi connectivity index (χ1n) is 6.88.